The average Bonchev–Trinajstić information content (AvgIpc) is 2.83. The lowest BCUT2D eigenvalue weighted by Gasteiger charge is -2.19. The summed E-state index contributed by atoms with van der Waals surface area (Å²) in [6.07, 6.45) is 1.20. The smallest absolute Gasteiger partial charge is 0.274 e. The zero-order valence-electron chi connectivity index (χ0n) is 12.6. The van der Waals surface area contributed by atoms with Gasteiger partial charge in [-0.2, -0.15) is 9.97 Å². The lowest BCUT2D eigenvalue weighted by atomic mass is 10.3. The minimum Gasteiger partial charge on any atom is -0.471 e. The largest absolute Gasteiger partial charge is 0.471 e. The minimum absolute atomic E-state index is 0.115. The van der Waals surface area contributed by atoms with E-state index in [2.05, 4.69) is 28.8 Å². The second-order valence-electron chi connectivity index (χ2n) is 5.01. The number of halogens is 1. The van der Waals surface area contributed by atoms with Gasteiger partial charge in [-0.25, -0.2) is 9.55 Å². The van der Waals surface area contributed by atoms with Crippen molar-refractivity contribution in [3.05, 3.63) is 11.6 Å². The Morgan fingerprint density at radius 3 is 2.81 bits per heavy atom. The molecule has 7 nitrogen and oxygen atoms in total. The second-order valence-corrected chi connectivity index (χ2v) is 5.34. The molecule has 0 bridgehead atoms. The van der Waals surface area contributed by atoms with E-state index >= 15 is 0 Å². The van der Waals surface area contributed by atoms with Gasteiger partial charge in [-0.3, -0.25) is 0 Å². The number of aliphatic hydroxyl groups is 1. The fourth-order valence-corrected chi connectivity index (χ4v) is 2.42. The molecule has 8 heteroatoms. The van der Waals surface area contributed by atoms with Crippen molar-refractivity contribution in [2.24, 2.45) is 7.05 Å². The molecule has 0 amide bonds. The molecule has 2 aromatic rings. The number of hydrogen-bond acceptors (Lipinski definition) is 4. The molecular weight excluding hydrogens is 294 g/mol. The summed E-state index contributed by atoms with van der Waals surface area (Å²) < 4.78 is 7.47. The summed E-state index contributed by atoms with van der Waals surface area (Å²) in [6, 6.07) is 0. The van der Waals surface area contributed by atoms with Crippen LogP contribution in [0.5, 0.6) is 5.88 Å². The molecule has 0 radical (unpaired) electrons. The average molecular weight is 316 g/mol. The van der Waals surface area contributed by atoms with Crippen molar-refractivity contribution in [3.8, 4) is 5.88 Å². The summed E-state index contributed by atoms with van der Waals surface area (Å²) in [5.74, 6) is 0.377. The van der Waals surface area contributed by atoms with E-state index in [1.165, 1.54) is 4.90 Å². The maximum Gasteiger partial charge on any atom is 0.274 e. The van der Waals surface area contributed by atoms with E-state index in [1.54, 1.807) is 6.33 Å². The predicted octanol–water partition coefficient (Wildman–Crippen LogP) is -0.900. The van der Waals surface area contributed by atoms with Crippen LogP contribution in [0.25, 0.3) is 11.2 Å². The third kappa shape index (κ3) is 3.81. The summed E-state index contributed by atoms with van der Waals surface area (Å²) in [4.78, 5) is 12.5. The Kier molecular flexibility index (Phi) is 5.33. The molecular formula is C13H22ClN5O2+2. The van der Waals surface area contributed by atoms with Gasteiger partial charge in [-0.15, -0.1) is 0 Å². The fourth-order valence-electron chi connectivity index (χ4n) is 2.26. The number of aromatic amines is 1. The van der Waals surface area contributed by atoms with Gasteiger partial charge in [-0.1, -0.05) is 0 Å². The maximum absolute atomic E-state index is 10.1. The maximum atomic E-state index is 10.1. The highest BCUT2D eigenvalue weighted by molar-refractivity contribution is 6.28. The van der Waals surface area contributed by atoms with E-state index in [-0.39, 0.29) is 11.9 Å². The Labute approximate surface area is 128 Å². The van der Waals surface area contributed by atoms with Crippen molar-refractivity contribution >= 4 is 22.8 Å². The molecule has 0 saturated carbocycles. The zero-order valence-corrected chi connectivity index (χ0v) is 13.3. The topological polar surface area (TPSA) is 79.3 Å². The van der Waals surface area contributed by atoms with Crippen LogP contribution < -0.4 is 14.2 Å². The fraction of sp³-hybridized carbons (Fsp3) is 0.615. The molecule has 2 heterocycles. The lowest BCUT2D eigenvalue weighted by Crippen LogP contribution is -3.12. The molecule has 0 spiro atoms. The van der Waals surface area contributed by atoms with Crippen LogP contribution in [0.1, 0.15) is 13.8 Å². The molecule has 0 aliphatic carbocycles. The van der Waals surface area contributed by atoms with Gasteiger partial charge >= 0.3 is 0 Å². The van der Waals surface area contributed by atoms with Crippen molar-refractivity contribution in [1.29, 1.82) is 0 Å². The summed E-state index contributed by atoms with van der Waals surface area (Å²) in [7, 11) is 1.86. The van der Waals surface area contributed by atoms with Crippen LogP contribution in [0.15, 0.2) is 6.33 Å². The van der Waals surface area contributed by atoms with E-state index in [9.17, 15) is 5.11 Å². The Morgan fingerprint density at radius 2 is 2.14 bits per heavy atom. The molecule has 3 N–H and O–H groups in total. The van der Waals surface area contributed by atoms with Crippen LogP contribution in [-0.2, 0) is 7.05 Å². The number of aromatic nitrogens is 4. The van der Waals surface area contributed by atoms with Crippen LogP contribution in [-0.4, -0.2) is 52.4 Å². The highest BCUT2D eigenvalue weighted by Crippen LogP contribution is 2.19. The number of quaternary nitrogens is 1. The van der Waals surface area contributed by atoms with E-state index in [0.29, 0.717) is 18.1 Å². The number of ether oxygens (including phenoxy) is 1. The van der Waals surface area contributed by atoms with Crippen LogP contribution in [0.2, 0.25) is 5.28 Å². The van der Waals surface area contributed by atoms with Crippen molar-refractivity contribution in [2.45, 2.75) is 20.0 Å². The number of aliphatic hydroxyl groups excluding tert-OH is 1. The van der Waals surface area contributed by atoms with Crippen molar-refractivity contribution in [2.75, 3.05) is 26.2 Å². The minimum atomic E-state index is -0.548. The van der Waals surface area contributed by atoms with Crippen molar-refractivity contribution in [3.63, 3.8) is 0 Å². The number of nitrogens with zero attached hydrogens (tertiary/aromatic N) is 3. The molecule has 0 aliphatic heterocycles. The quantitative estimate of drug-likeness (QED) is 0.457. The Morgan fingerprint density at radius 1 is 1.43 bits per heavy atom. The van der Waals surface area contributed by atoms with E-state index in [4.69, 9.17) is 16.3 Å². The van der Waals surface area contributed by atoms with Gasteiger partial charge in [0.15, 0.2) is 0 Å². The second kappa shape index (κ2) is 7.02. The van der Waals surface area contributed by atoms with E-state index in [0.717, 1.165) is 18.6 Å². The summed E-state index contributed by atoms with van der Waals surface area (Å²) in [6.45, 7) is 6.97. The molecule has 0 aliphatic rings. The third-order valence-electron chi connectivity index (χ3n) is 3.51. The Bertz CT molecular complexity index is 600. The number of rotatable bonds is 7. The number of aryl methyl sites for hydroxylation is 1. The van der Waals surface area contributed by atoms with Gasteiger partial charge in [0.05, 0.1) is 20.1 Å². The molecule has 0 saturated heterocycles. The molecule has 116 valence electrons. The Balaban J connectivity index is 2.08. The Hall–Kier alpha value is -1.44. The highest BCUT2D eigenvalue weighted by Gasteiger charge is 2.20. The van der Waals surface area contributed by atoms with Gasteiger partial charge in [0.25, 0.3) is 17.0 Å². The standard InChI is InChI=1S/C13H20ClN5O2/c1-4-19(5-2)6-9(20)7-21-12-10-11(15-8-18(10)3)16-13(14)17-12/h8-9,20H,4-7H2,1-3H3/p+2/t9-/m0/s1. The predicted molar refractivity (Wildman–Crippen MR) is 78.5 cm³/mol. The van der Waals surface area contributed by atoms with Crippen LogP contribution in [0.3, 0.4) is 0 Å². The number of fused-ring (bicyclic) bond motifs is 1. The van der Waals surface area contributed by atoms with E-state index < -0.39 is 6.10 Å². The first-order chi connectivity index (χ1) is 10.0. The number of imidazole rings is 1. The van der Waals surface area contributed by atoms with Gasteiger partial charge in [0.2, 0.25) is 11.6 Å². The third-order valence-corrected chi connectivity index (χ3v) is 3.68. The molecule has 0 aromatic carbocycles. The summed E-state index contributed by atoms with van der Waals surface area (Å²) >= 11 is 5.88. The number of hydrogen-bond donors (Lipinski definition) is 3. The molecule has 2 rings (SSSR count). The van der Waals surface area contributed by atoms with Crippen LogP contribution in [0, 0.1) is 0 Å². The zero-order chi connectivity index (χ0) is 15.4. The normalized spacial score (nSPS) is 13.0. The van der Waals surface area contributed by atoms with Crippen molar-refractivity contribution < 1.29 is 19.3 Å². The van der Waals surface area contributed by atoms with Crippen LogP contribution >= 0.6 is 11.6 Å². The molecule has 0 unspecified atom stereocenters. The molecule has 0 fully saturated rings. The summed E-state index contributed by atoms with van der Waals surface area (Å²) in [5.41, 5.74) is 1.33. The van der Waals surface area contributed by atoms with E-state index in [1.807, 2.05) is 11.6 Å². The highest BCUT2D eigenvalue weighted by atomic mass is 35.5. The summed E-state index contributed by atoms with van der Waals surface area (Å²) in [5, 5.41) is 10.2. The molecule has 2 aromatic heterocycles. The van der Waals surface area contributed by atoms with Gasteiger partial charge in [0.1, 0.15) is 19.3 Å². The number of likely N-dealkylation sites (N-methyl/N-ethyl adjacent to an activating group) is 1. The van der Waals surface area contributed by atoms with Gasteiger partial charge in [-0.05, 0) is 25.4 Å². The number of nitrogens with one attached hydrogen (secondary N) is 2. The monoisotopic (exact) mass is 315 g/mol. The first-order valence-electron chi connectivity index (χ1n) is 7.09. The number of H-pyrrole nitrogens is 1. The lowest BCUT2D eigenvalue weighted by molar-refractivity contribution is -0.899. The molecule has 21 heavy (non-hydrogen) atoms. The first kappa shape index (κ1) is 15.9. The SMILES string of the molecule is CC[NH+](CC)C[C@H](O)COc1nc(Cl)nc2[nH]c[n+](C)c12. The van der Waals surface area contributed by atoms with Crippen molar-refractivity contribution in [1.82, 2.24) is 15.0 Å². The van der Waals surface area contributed by atoms with Crippen LogP contribution in [0.4, 0.5) is 0 Å². The molecule has 1 atom stereocenters. The van der Waals surface area contributed by atoms with Gasteiger partial charge in [0, 0.05) is 0 Å². The van der Waals surface area contributed by atoms with Gasteiger partial charge < -0.3 is 14.7 Å². The first-order valence-corrected chi connectivity index (χ1v) is 7.47.